The molecule has 0 aliphatic heterocycles. The van der Waals surface area contributed by atoms with Gasteiger partial charge in [0.05, 0.1) is 30.2 Å². The Kier molecular flexibility index (Phi) is 6.96. The molecule has 0 amide bonds. The fourth-order valence-corrected chi connectivity index (χ4v) is 3.99. The van der Waals surface area contributed by atoms with Crippen molar-refractivity contribution in [2.24, 2.45) is 0 Å². The van der Waals surface area contributed by atoms with E-state index in [4.69, 9.17) is 4.74 Å². The summed E-state index contributed by atoms with van der Waals surface area (Å²) in [5, 5.41) is 1.18. The van der Waals surface area contributed by atoms with Gasteiger partial charge in [0.2, 0.25) is 0 Å². The number of aromatic nitrogens is 3. The second-order valence-electron chi connectivity index (χ2n) is 7.96. The molecular weight excluding hydrogens is 370 g/mol. The zero-order valence-electron chi connectivity index (χ0n) is 17.9. The van der Waals surface area contributed by atoms with E-state index < -0.39 is 0 Å². The third kappa shape index (κ3) is 4.99. The lowest BCUT2D eigenvalue weighted by Crippen LogP contribution is -1.99. The van der Waals surface area contributed by atoms with Gasteiger partial charge in [-0.1, -0.05) is 56.5 Å². The lowest BCUT2D eigenvalue weighted by Gasteiger charge is -2.09. The number of ether oxygens (including phenoxy) is 1. The van der Waals surface area contributed by atoms with Crippen molar-refractivity contribution in [3.05, 3.63) is 66.6 Å². The van der Waals surface area contributed by atoms with Gasteiger partial charge in [0.1, 0.15) is 11.3 Å². The molecule has 0 atom stereocenters. The van der Waals surface area contributed by atoms with Crippen molar-refractivity contribution < 1.29 is 4.74 Å². The van der Waals surface area contributed by atoms with E-state index in [0.29, 0.717) is 0 Å². The minimum atomic E-state index is 0.819. The van der Waals surface area contributed by atoms with Crippen LogP contribution < -0.4 is 4.74 Å². The number of nitrogens with zero attached hydrogens (tertiary/aromatic N) is 3. The largest absolute Gasteiger partial charge is 0.494 e. The monoisotopic (exact) mass is 401 g/mol. The zero-order chi connectivity index (χ0) is 20.6. The number of unbranched alkanes of at least 4 members (excludes halogenated alkanes) is 4. The van der Waals surface area contributed by atoms with E-state index in [9.17, 15) is 0 Å². The van der Waals surface area contributed by atoms with Crippen molar-refractivity contribution in [3.63, 3.8) is 0 Å². The van der Waals surface area contributed by atoms with Crippen LogP contribution in [0.5, 0.6) is 5.75 Å². The van der Waals surface area contributed by atoms with Crippen molar-refractivity contribution in [2.45, 2.75) is 58.4 Å². The highest BCUT2D eigenvalue weighted by molar-refractivity contribution is 6.01. The molecule has 4 heteroatoms. The number of benzene rings is 2. The predicted octanol–water partition coefficient (Wildman–Crippen LogP) is 6.57. The standard InChI is InChI=1S/C26H31N3O/c1-2-3-4-9-17-30-22-13-10-12-21(18-22)11-7-8-16-29-20-28-25-19-27-24-15-6-5-14-23(24)26(25)29/h5-6,10,12-15,18-20H,2-4,7-9,11,16-17H2,1H3. The highest BCUT2D eigenvalue weighted by Crippen LogP contribution is 2.23. The molecule has 4 rings (SSSR count). The molecule has 0 radical (unpaired) electrons. The molecule has 0 saturated carbocycles. The lowest BCUT2D eigenvalue weighted by molar-refractivity contribution is 0.305. The number of aryl methyl sites for hydroxylation is 2. The number of pyridine rings is 1. The van der Waals surface area contributed by atoms with Gasteiger partial charge in [-0.15, -0.1) is 0 Å². The van der Waals surface area contributed by atoms with Crippen LogP contribution in [0.4, 0.5) is 0 Å². The van der Waals surface area contributed by atoms with Gasteiger partial charge in [0.15, 0.2) is 0 Å². The molecule has 0 fully saturated rings. The Morgan fingerprint density at radius 2 is 1.80 bits per heavy atom. The molecule has 0 N–H and O–H groups in total. The van der Waals surface area contributed by atoms with Gasteiger partial charge in [0, 0.05) is 11.9 Å². The molecule has 2 heterocycles. The highest BCUT2D eigenvalue weighted by atomic mass is 16.5. The van der Waals surface area contributed by atoms with Crippen LogP contribution in [0.3, 0.4) is 0 Å². The summed E-state index contributed by atoms with van der Waals surface area (Å²) in [5.74, 6) is 1.00. The van der Waals surface area contributed by atoms with E-state index in [1.54, 1.807) is 0 Å². The second-order valence-corrected chi connectivity index (χ2v) is 7.96. The van der Waals surface area contributed by atoms with E-state index >= 15 is 0 Å². The van der Waals surface area contributed by atoms with E-state index in [0.717, 1.165) is 55.6 Å². The Labute approximate surface area is 178 Å². The molecule has 30 heavy (non-hydrogen) atoms. The average Bonchev–Trinajstić information content (AvgIpc) is 3.20. The molecule has 2 aromatic carbocycles. The van der Waals surface area contributed by atoms with E-state index in [-0.39, 0.29) is 0 Å². The molecular formula is C26H31N3O. The molecule has 156 valence electrons. The molecule has 0 unspecified atom stereocenters. The summed E-state index contributed by atoms with van der Waals surface area (Å²) in [6.45, 7) is 4.02. The van der Waals surface area contributed by atoms with Gasteiger partial charge in [0.25, 0.3) is 0 Å². The Bertz CT molecular complexity index is 1090. The first-order chi connectivity index (χ1) is 14.8. The third-order valence-electron chi connectivity index (χ3n) is 5.63. The van der Waals surface area contributed by atoms with Crippen molar-refractivity contribution in [1.29, 1.82) is 0 Å². The first-order valence-corrected chi connectivity index (χ1v) is 11.3. The van der Waals surface area contributed by atoms with E-state index in [1.807, 2.05) is 18.6 Å². The molecule has 0 spiro atoms. The van der Waals surface area contributed by atoms with Crippen LogP contribution in [-0.4, -0.2) is 21.1 Å². The van der Waals surface area contributed by atoms with Gasteiger partial charge >= 0.3 is 0 Å². The van der Waals surface area contributed by atoms with E-state index in [1.165, 1.54) is 35.7 Å². The Hall–Kier alpha value is -2.88. The number of imidazole rings is 1. The molecule has 0 bridgehead atoms. The summed E-state index contributed by atoms with van der Waals surface area (Å²) in [6, 6.07) is 16.9. The fourth-order valence-electron chi connectivity index (χ4n) is 3.99. The second kappa shape index (κ2) is 10.2. The van der Waals surface area contributed by atoms with Crippen molar-refractivity contribution >= 4 is 21.9 Å². The van der Waals surface area contributed by atoms with Gasteiger partial charge in [-0.3, -0.25) is 4.98 Å². The summed E-state index contributed by atoms with van der Waals surface area (Å²) in [5.41, 5.74) is 4.54. The van der Waals surface area contributed by atoms with Crippen molar-refractivity contribution in [3.8, 4) is 5.75 Å². The van der Waals surface area contributed by atoms with Crippen LogP contribution in [-0.2, 0) is 13.0 Å². The summed E-state index contributed by atoms with van der Waals surface area (Å²) in [7, 11) is 0. The number of fused-ring (bicyclic) bond motifs is 3. The topological polar surface area (TPSA) is 39.9 Å². The first kappa shape index (κ1) is 20.4. The summed E-state index contributed by atoms with van der Waals surface area (Å²) < 4.78 is 8.20. The molecule has 2 aromatic heterocycles. The summed E-state index contributed by atoms with van der Waals surface area (Å²) in [4.78, 5) is 9.06. The SMILES string of the molecule is CCCCCCOc1cccc(CCCCn2cnc3cnc4ccccc4c32)c1. The molecule has 0 aliphatic rings. The molecule has 0 aliphatic carbocycles. The summed E-state index contributed by atoms with van der Waals surface area (Å²) in [6.07, 6.45) is 12.1. The smallest absolute Gasteiger partial charge is 0.119 e. The number of rotatable bonds is 11. The maximum absolute atomic E-state index is 5.93. The van der Waals surface area contributed by atoms with Crippen LogP contribution in [0.1, 0.15) is 51.0 Å². The van der Waals surface area contributed by atoms with Gasteiger partial charge < -0.3 is 9.30 Å². The van der Waals surface area contributed by atoms with Crippen LogP contribution in [0.2, 0.25) is 0 Å². The third-order valence-corrected chi connectivity index (χ3v) is 5.63. The van der Waals surface area contributed by atoms with Crippen LogP contribution in [0, 0.1) is 0 Å². The van der Waals surface area contributed by atoms with Crippen molar-refractivity contribution in [2.75, 3.05) is 6.61 Å². The van der Waals surface area contributed by atoms with E-state index in [2.05, 4.69) is 63.9 Å². The number of para-hydroxylation sites is 1. The zero-order valence-corrected chi connectivity index (χ0v) is 17.9. The molecule has 4 nitrogen and oxygen atoms in total. The molecule has 0 saturated heterocycles. The Balaban J connectivity index is 1.30. The Morgan fingerprint density at radius 3 is 2.73 bits per heavy atom. The minimum absolute atomic E-state index is 0.819. The van der Waals surface area contributed by atoms with Crippen LogP contribution >= 0.6 is 0 Å². The lowest BCUT2D eigenvalue weighted by atomic mass is 10.1. The normalized spacial score (nSPS) is 11.4. The summed E-state index contributed by atoms with van der Waals surface area (Å²) >= 11 is 0. The van der Waals surface area contributed by atoms with Crippen LogP contribution in [0.25, 0.3) is 21.9 Å². The average molecular weight is 402 g/mol. The minimum Gasteiger partial charge on any atom is -0.494 e. The predicted molar refractivity (Wildman–Crippen MR) is 124 cm³/mol. The van der Waals surface area contributed by atoms with Gasteiger partial charge in [-0.2, -0.15) is 0 Å². The first-order valence-electron chi connectivity index (χ1n) is 11.3. The number of hydrogen-bond acceptors (Lipinski definition) is 3. The Morgan fingerprint density at radius 1 is 0.867 bits per heavy atom. The highest BCUT2D eigenvalue weighted by Gasteiger charge is 2.08. The van der Waals surface area contributed by atoms with Crippen molar-refractivity contribution in [1.82, 2.24) is 14.5 Å². The number of hydrogen-bond donors (Lipinski definition) is 0. The quantitative estimate of drug-likeness (QED) is 0.267. The van der Waals surface area contributed by atoms with Gasteiger partial charge in [-0.05, 0) is 49.4 Å². The fraction of sp³-hybridized carbons (Fsp3) is 0.385. The maximum atomic E-state index is 5.93. The van der Waals surface area contributed by atoms with Gasteiger partial charge in [-0.25, -0.2) is 4.98 Å². The van der Waals surface area contributed by atoms with Crippen LogP contribution in [0.15, 0.2) is 61.1 Å². The maximum Gasteiger partial charge on any atom is 0.119 e. The molecule has 4 aromatic rings.